The van der Waals surface area contributed by atoms with Crippen LogP contribution >= 0.6 is 0 Å². The molecule has 2 atom stereocenters. The van der Waals surface area contributed by atoms with E-state index in [0.717, 1.165) is 6.42 Å². The van der Waals surface area contributed by atoms with Crippen LogP contribution in [0.1, 0.15) is 25.7 Å². The Hall–Kier alpha value is -3.09. The minimum Gasteiger partial charge on any atom is -0.475 e. The van der Waals surface area contributed by atoms with Crippen molar-refractivity contribution in [1.29, 1.82) is 5.26 Å². The molecule has 2 aliphatic heterocycles. The number of carbonyl (C=O) groups excluding carboxylic acids is 3. The van der Waals surface area contributed by atoms with Gasteiger partial charge in [-0.25, -0.2) is 4.79 Å². The van der Waals surface area contributed by atoms with Crippen molar-refractivity contribution in [2.24, 2.45) is 5.73 Å². The van der Waals surface area contributed by atoms with Crippen LogP contribution in [-0.2, 0) is 19.2 Å². The summed E-state index contributed by atoms with van der Waals surface area (Å²) in [6.07, 6.45) is -8.60. The number of carboxylic acid groups (broad SMARTS) is 1. The predicted octanol–water partition coefficient (Wildman–Crippen LogP) is 0.475. The second-order valence-electron chi connectivity index (χ2n) is 7.44. The molecule has 192 valence electrons. The van der Waals surface area contributed by atoms with E-state index in [1.54, 1.807) is 0 Å². The van der Waals surface area contributed by atoms with Gasteiger partial charge in [0.2, 0.25) is 11.8 Å². The van der Waals surface area contributed by atoms with Crippen molar-refractivity contribution >= 4 is 23.7 Å². The van der Waals surface area contributed by atoms with E-state index in [1.165, 1.54) is 9.80 Å². The van der Waals surface area contributed by atoms with Gasteiger partial charge in [0, 0.05) is 39.1 Å². The molecule has 0 aromatic rings. The summed E-state index contributed by atoms with van der Waals surface area (Å²) < 4.78 is 69.0. The molecular weight excluding hydrogens is 480 g/mol. The third-order valence-corrected chi connectivity index (χ3v) is 5.08. The zero-order chi connectivity index (χ0) is 26.3. The lowest BCUT2D eigenvalue weighted by atomic mass is 10.1. The predicted molar refractivity (Wildman–Crippen MR) is 100 cm³/mol. The average molecular weight is 503 g/mol. The molecule has 0 aliphatic carbocycles. The van der Waals surface area contributed by atoms with Crippen LogP contribution in [-0.4, -0.2) is 101 Å². The Balaban J connectivity index is 0.000000718. The summed E-state index contributed by atoms with van der Waals surface area (Å²) in [5.41, 5.74) is 5.85. The summed E-state index contributed by atoms with van der Waals surface area (Å²) in [5.74, 6) is -5.35. The number of carboxylic acids is 1. The molecule has 0 saturated carbocycles. The topological polar surface area (TPSA) is 148 Å². The molecule has 10 nitrogen and oxygen atoms in total. The van der Waals surface area contributed by atoms with E-state index in [1.807, 2.05) is 0 Å². The quantitative estimate of drug-likeness (QED) is 0.530. The van der Waals surface area contributed by atoms with Crippen LogP contribution in [0.2, 0.25) is 0 Å². The van der Waals surface area contributed by atoms with Gasteiger partial charge in [-0.2, -0.15) is 31.6 Å². The monoisotopic (exact) mass is 503 g/mol. The molecule has 2 saturated heterocycles. The first-order valence-corrected chi connectivity index (χ1v) is 9.99. The molecule has 2 rings (SSSR count). The third-order valence-electron chi connectivity index (χ3n) is 5.08. The van der Waals surface area contributed by atoms with Crippen molar-refractivity contribution in [2.45, 2.75) is 50.1 Å². The van der Waals surface area contributed by atoms with Crippen molar-refractivity contribution < 1.29 is 50.6 Å². The second-order valence-corrected chi connectivity index (χ2v) is 7.44. The number of nitrogens with two attached hydrogens (primary N) is 1. The van der Waals surface area contributed by atoms with Gasteiger partial charge >= 0.3 is 24.2 Å². The Bertz CT molecular complexity index is 805. The fourth-order valence-corrected chi connectivity index (χ4v) is 3.28. The summed E-state index contributed by atoms with van der Waals surface area (Å²) in [5, 5.41) is 16.1. The van der Waals surface area contributed by atoms with Crippen molar-refractivity contribution in [3.8, 4) is 6.07 Å². The zero-order valence-corrected chi connectivity index (χ0v) is 17.7. The lowest BCUT2D eigenvalue weighted by Gasteiger charge is -2.35. The number of hydrogen-bond donors (Lipinski definition) is 2. The molecule has 2 heterocycles. The van der Waals surface area contributed by atoms with Crippen LogP contribution in [0.3, 0.4) is 0 Å². The molecule has 0 aromatic carbocycles. The molecule has 2 fully saturated rings. The first-order valence-electron chi connectivity index (χ1n) is 9.99. The molecule has 2 aliphatic rings. The number of aliphatic carboxylic acids is 1. The van der Waals surface area contributed by atoms with Gasteiger partial charge in [0.1, 0.15) is 6.04 Å². The molecule has 3 amide bonds. The highest BCUT2D eigenvalue weighted by atomic mass is 19.4. The number of nitriles is 1. The Kier molecular flexibility index (Phi) is 10.1. The number of likely N-dealkylation sites (tertiary alicyclic amines) is 1. The summed E-state index contributed by atoms with van der Waals surface area (Å²) in [7, 11) is 0. The lowest BCUT2D eigenvalue weighted by molar-refractivity contribution is -0.192. The molecule has 0 aromatic heterocycles. The second kappa shape index (κ2) is 11.9. The number of amides is 3. The minimum atomic E-state index is -5.08. The Morgan fingerprint density at radius 2 is 1.47 bits per heavy atom. The molecule has 0 bridgehead atoms. The Labute approximate surface area is 189 Å². The lowest BCUT2D eigenvalue weighted by Crippen LogP contribution is -2.53. The van der Waals surface area contributed by atoms with Gasteiger partial charge < -0.3 is 25.5 Å². The summed E-state index contributed by atoms with van der Waals surface area (Å²) in [6.45, 7) is 0.103. The number of carbonyl (C=O) groups is 4. The maximum Gasteiger partial charge on any atom is 0.490 e. The van der Waals surface area contributed by atoms with Crippen LogP contribution < -0.4 is 5.73 Å². The molecule has 34 heavy (non-hydrogen) atoms. The first kappa shape index (κ1) is 28.9. The first-order chi connectivity index (χ1) is 15.6. The van der Waals surface area contributed by atoms with Gasteiger partial charge in [-0.15, -0.1) is 0 Å². The van der Waals surface area contributed by atoms with Crippen molar-refractivity contribution in [3.05, 3.63) is 0 Å². The molecule has 0 unspecified atom stereocenters. The Morgan fingerprint density at radius 1 is 0.971 bits per heavy atom. The summed E-state index contributed by atoms with van der Waals surface area (Å²) in [4.78, 5) is 48.0. The zero-order valence-electron chi connectivity index (χ0n) is 17.7. The van der Waals surface area contributed by atoms with Crippen LogP contribution in [0.5, 0.6) is 0 Å². The smallest absolute Gasteiger partial charge is 0.475 e. The SMILES string of the molecule is N#C[C@@H]1CCCN1C(=O)[C@@H](N)CCC(=O)N1CCN(C(=O)C(F)(F)F)CC1.O=C(O)C(F)(F)F. The Morgan fingerprint density at radius 3 is 1.91 bits per heavy atom. The van der Waals surface area contributed by atoms with Gasteiger partial charge in [0.05, 0.1) is 12.1 Å². The van der Waals surface area contributed by atoms with E-state index in [0.29, 0.717) is 17.9 Å². The van der Waals surface area contributed by atoms with Crippen molar-refractivity contribution in [2.75, 3.05) is 32.7 Å². The molecule has 0 spiro atoms. The third kappa shape index (κ3) is 8.36. The summed E-state index contributed by atoms with van der Waals surface area (Å²) >= 11 is 0. The van der Waals surface area contributed by atoms with E-state index in [9.17, 15) is 40.7 Å². The highest BCUT2D eigenvalue weighted by Crippen LogP contribution is 2.20. The van der Waals surface area contributed by atoms with Crippen LogP contribution in [0.4, 0.5) is 26.3 Å². The highest BCUT2D eigenvalue weighted by Gasteiger charge is 2.43. The van der Waals surface area contributed by atoms with Crippen LogP contribution in [0, 0.1) is 11.3 Å². The van der Waals surface area contributed by atoms with Crippen molar-refractivity contribution in [3.63, 3.8) is 0 Å². The molecule has 0 radical (unpaired) electrons. The minimum absolute atomic E-state index is 0.00642. The summed E-state index contributed by atoms with van der Waals surface area (Å²) in [6, 6.07) is 0.658. The van der Waals surface area contributed by atoms with Gasteiger partial charge in [-0.1, -0.05) is 0 Å². The van der Waals surface area contributed by atoms with E-state index in [4.69, 9.17) is 20.9 Å². The van der Waals surface area contributed by atoms with Gasteiger partial charge in [-0.05, 0) is 19.3 Å². The number of hydrogen-bond acceptors (Lipinski definition) is 6. The maximum absolute atomic E-state index is 12.4. The van der Waals surface area contributed by atoms with Gasteiger partial charge in [-0.3, -0.25) is 14.4 Å². The standard InChI is InChI=1S/C16H22F3N5O3.C2HF3O2/c17-16(18,19)15(27)23-8-6-22(7-9-23)13(25)4-3-12(21)14(26)24-5-1-2-11(24)10-20;3-2(4,5)1(6)7/h11-12H,1-9,21H2;(H,6,7)/t11-,12-;/m0./s1. The van der Waals surface area contributed by atoms with Crippen molar-refractivity contribution in [1.82, 2.24) is 14.7 Å². The number of piperazine rings is 1. The van der Waals surface area contributed by atoms with E-state index in [2.05, 4.69) is 6.07 Å². The number of rotatable bonds is 4. The normalized spacial score (nSPS) is 19.6. The van der Waals surface area contributed by atoms with E-state index >= 15 is 0 Å². The van der Waals surface area contributed by atoms with Crippen LogP contribution in [0.15, 0.2) is 0 Å². The highest BCUT2D eigenvalue weighted by molar-refractivity contribution is 5.84. The average Bonchev–Trinajstić information content (AvgIpc) is 3.24. The maximum atomic E-state index is 12.4. The molecular formula is C18H23F6N5O5. The van der Waals surface area contributed by atoms with Gasteiger partial charge in [0.15, 0.2) is 0 Å². The van der Waals surface area contributed by atoms with E-state index in [-0.39, 0.29) is 50.8 Å². The largest absolute Gasteiger partial charge is 0.490 e. The molecule has 16 heteroatoms. The molecule has 3 N–H and O–H groups in total. The fraction of sp³-hybridized carbons (Fsp3) is 0.722. The van der Waals surface area contributed by atoms with E-state index < -0.39 is 36.3 Å². The number of halogens is 6. The fourth-order valence-electron chi connectivity index (χ4n) is 3.28. The number of alkyl halides is 6. The van der Waals surface area contributed by atoms with Gasteiger partial charge in [0.25, 0.3) is 0 Å². The number of nitrogens with zero attached hydrogens (tertiary/aromatic N) is 4. The van der Waals surface area contributed by atoms with Crippen LogP contribution in [0.25, 0.3) is 0 Å².